The molecular weight excluding hydrogens is 228 g/mol. The third-order valence-corrected chi connectivity index (χ3v) is 3.52. The van der Waals surface area contributed by atoms with E-state index < -0.39 is 0 Å². The van der Waals surface area contributed by atoms with Crippen LogP contribution in [0.2, 0.25) is 0 Å². The maximum Gasteiger partial charge on any atom is 0.161 e. The molecule has 0 saturated carbocycles. The van der Waals surface area contributed by atoms with E-state index in [0.29, 0.717) is 0 Å². The standard InChI is InChI=1S/C12H18N6/c1-16-2-4-17(5-3-16)6-7-18-12-11(9-15-18)8-13-10-14-12/h8-10H,2-7H2,1H3. The number of fused-ring (bicyclic) bond motifs is 1. The van der Waals surface area contributed by atoms with Crippen molar-refractivity contribution >= 4 is 11.0 Å². The van der Waals surface area contributed by atoms with Crippen LogP contribution < -0.4 is 0 Å². The van der Waals surface area contributed by atoms with Crippen LogP contribution in [0.5, 0.6) is 0 Å². The normalized spacial score (nSPS) is 18.5. The van der Waals surface area contributed by atoms with E-state index in [1.807, 2.05) is 17.1 Å². The van der Waals surface area contributed by atoms with E-state index in [4.69, 9.17) is 0 Å². The van der Waals surface area contributed by atoms with Gasteiger partial charge in [-0.15, -0.1) is 0 Å². The van der Waals surface area contributed by atoms with Gasteiger partial charge in [0.15, 0.2) is 5.65 Å². The lowest BCUT2D eigenvalue weighted by Crippen LogP contribution is -2.45. The van der Waals surface area contributed by atoms with Crippen LogP contribution in [0.4, 0.5) is 0 Å². The highest BCUT2D eigenvalue weighted by Crippen LogP contribution is 2.08. The molecule has 0 aliphatic carbocycles. The Morgan fingerprint density at radius 2 is 1.94 bits per heavy atom. The summed E-state index contributed by atoms with van der Waals surface area (Å²) in [5, 5.41) is 5.38. The van der Waals surface area contributed by atoms with E-state index in [2.05, 4.69) is 31.9 Å². The number of aromatic nitrogens is 4. The van der Waals surface area contributed by atoms with Gasteiger partial charge in [0.2, 0.25) is 0 Å². The molecule has 0 aromatic carbocycles. The van der Waals surface area contributed by atoms with Gasteiger partial charge >= 0.3 is 0 Å². The summed E-state index contributed by atoms with van der Waals surface area (Å²) >= 11 is 0. The van der Waals surface area contributed by atoms with Crippen LogP contribution in [0, 0.1) is 0 Å². The van der Waals surface area contributed by atoms with E-state index >= 15 is 0 Å². The minimum absolute atomic E-state index is 0.893. The summed E-state index contributed by atoms with van der Waals surface area (Å²) in [6, 6.07) is 0. The van der Waals surface area contributed by atoms with Gasteiger partial charge in [-0.05, 0) is 7.05 Å². The molecule has 0 spiro atoms. The van der Waals surface area contributed by atoms with Gasteiger partial charge in [-0.25, -0.2) is 14.6 Å². The molecule has 0 unspecified atom stereocenters. The van der Waals surface area contributed by atoms with Crippen molar-refractivity contribution in [1.82, 2.24) is 29.5 Å². The molecule has 6 heteroatoms. The first kappa shape index (κ1) is 11.6. The fourth-order valence-corrected chi connectivity index (χ4v) is 2.30. The third kappa shape index (κ3) is 2.34. The molecule has 96 valence electrons. The highest BCUT2D eigenvalue weighted by molar-refractivity contribution is 5.72. The number of piperazine rings is 1. The zero-order chi connectivity index (χ0) is 12.4. The quantitative estimate of drug-likeness (QED) is 0.767. The highest BCUT2D eigenvalue weighted by Gasteiger charge is 2.13. The van der Waals surface area contributed by atoms with Crippen LogP contribution in [-0.2, 0) is 6.54 Å². The van der Waals surface area contributed by atoms with Gasteiger partial charge < -0.3 is 4.90 Å². The molecule has 1 fully saturated rings. The van der Waals surface area contributed by atoms with Crippen molar-refractivity contribution in [3.8, 4) is 0 Å². The molecule has 3 rings (SSSR count). The van der Waals surface area contributed by atoms with Crippen LogP contribution in [-0.4, -0.2) is 69.3 Å². The molecular formula is C12H18N6. The number of nitrogens with zero attached hydrogens (tertiary/aromatic N) is 6. The fraction of sp³-hybridized carbons (Fsp3) is 0.583. The van der Waals surface area contributed by atoms with Crippen molar-refractivity contribution in [3.63, 3.8) is 0 Å². The minimum Gasteiger partial charge on any atom is -0.304 e. The highest BCUT2D eigenvalue weighted by atomic mass is 15.3. The van der Waals surface area contributed by atoms with Crippen molar-refractivity contribution < 1.29 is 0 Å². The van der Waals surface area contributed by atoms with Crippen LogP contribution in [0.15, 0.2) is 18.7 Å². The summed E-state index contributed by atoms with van der Waals surface area (Å²) in [5.41, 5.74) is 0.930. The van der Waals surface area contributed by atoms with E-state index in [1.165, 1.54) is 0 Å². The lowest BCUT2D eigenvalue weighted by molar-refractivity contribution is 0.149. The van der Waals surface area contributed by atoms with E-state index in [-0.39, 0.29) is 0 Å². The van der Waals surface area contributed by atoms with Crippen LogP contribution in [0.25, 0.3) is 11.0 Å². The molecule has 2 aromatic heterocycles. The van der Waals surface area contributed by atoms with Crippen molar-refractivity contribution in [2.24, 2.45) is 0 Å². The second-order valence-electron chi connectivity index (χ2n) is 4.81. The van der Waals surface area contributed by atoms with Crippen molar-refractivity contribution in [3.05, 3.63) is 18.7 Å². The molecule has 0 radical (unpaired) electrons. The first-order chi connectivity index (χ1) is 8.83. The molecule has 18 heavy (non-hydrogen) atoms. The Balaban J connectivity index is 1.63. The molecule has 0 bridgehead atoms. The Hall–Kier alpha value is -1.53. The Morgan fingerprint density at radius 1 is 1.11 bits per heavy atom. The number of likely N-dealkylation sites (N-methyl/N-ethyl adjacent to an activating group) is 1. The number of hydrogen-bond donors (Lipinski definition) is 0. The lowest BCUT2D eigenvalue weighted by atomic mass is 10.3. The van der Waals surface area contributed by atoms with Crippen molar-refractivity contribution in [2.75, 3.05) is 39.8 Å². The van der Waals surface area contributed by atoms with Crippen molar-refractivity contribution in [1.29, 1.82) is 0 Å². The van der Waals surface area contributed by atoms with Gasteiger partial charge in [0.05, 0.1) is 18.1 Å². The predicted octanol–water partition coefficient (Wildman–Crippen LogP) is 0.0737. The van der Waals surface area contributed by atoms with Crippen molar-refractivity contribution in [2.45, 2.75) is 6.54 Å². The summed E-state index contributed by atoms with van der Waals surface area (Å²) in [4.78, 5) is 13.1. The van der Waals surface area contributed by atoms with Gasteiger partial charge in [0.25, 0.3) is 0 Å². The summed E-state index contributed by atoms with van der Waals surface area (Å²) in [6.45, 7) is 6.53. The molecule has 1 saturated heterocycles. The van der Waals surface area contributed by atoms with E-state index in [0.717, 1.165) is 50.3 Å². The molecule has 1 aliphatic rings. The molecule has 0 amide bonds. The van der Waals surface area contributed by atoms with Crippen LogP contribution in [0.1, 0.15) is 0 Å². The summed E-state index contributed by atoms with van der Waals surface area (Å²) in [6.07, 6.45) is 5.22. The Kier molecular flexibility index (Phi) is 3.21. The summed E-state index contributed by atoms with van der Waals surface area (Å²) in [5.74, 6) is 0. The van der Waals surface area contributed by atoms with Gasteiger partial charge in [0, 0.05) is 38.9 Å². The smallest absolute Gasteiger partial charge is 0.161 e. The Bertz CT molecular complexity index is 514. The van der Waals surface area contributed by atoms with Crippen LogP contribution in [0.3, 0.4) is 0 Å². The third-order valence-electron chi connectivity index (χ3n) is 3.52. The molecule has 3 heterocycles. The van der Waals surface area contributed by atoms with Gasteiger partial charge in [-0.2, -0.15) is 5.10 Å². The predicted molar refractivity (Wildman–Crippen MR) is 69.3 cm³/mol. The molecule has 2 aromatic rings. The second kappa shape index (κ2) is 4.99. The maximum absolute atomic E-state index is 4.37. The second-order valence-corrected chi connectivity index (χ2v) is 4.81. The van der Waals surface area contributed by atoms with E-state index in [9.17, 15) is 0 Å². The fourth-order valence-electron chi connectivity index (χ4n) is 2.30. The average molecular weight is 246 g/mol. The molecule has 1 aliphatic heterocycles. The molecule has 0 N–H and O–H groups in total. The van der Waals surface area contributed by atoms with Gasteiger partial charge in [0.1, 0.15) is 6.33 Å². The minimum atomic E-state index is 0.893. The maximum atomic E-state index is 4.37. The number of hydrogen-bond acceptors (Lipinski definition) is 5. The first-order valence-corrected chi connectivity index (χ1v) is 6.35. The number of rotatable bonds is 3. The Labute approximate surface area is 106 Å². The topological polar surface area (TPSA) is 50.1 Å². The summed E-state index contributed by atoms with van der Waals surface area (Å²) in [7, 11) is 2.18. The van der Waals surface area contributed by atoms with Gasteiger partial charge in [-0.3, -0.25) is 4.90 Å². The summed E-state index contributed by atoms with van der Waals surface area (Å²) < 4.78 is 1.97. The molecule has 6 nitrogen and oxygen atoms in total. The first-order valence-electron chi connectivity index (χ1n) is 6.35. The largest absolute Gasteiger partial charge is 0.304 e. The Morgan fingerprint density at radius 3 is 2.78 bits per heavy atom. The zero-order valence-corrected chi connectivity index (χ0v) is 10.7. The monoisotopic (exact) mass is 246 g/mol. The zero-order valence-electron chi connectivity index (χ0n) is 10.7. The van der Waals surface area contributed by atoms with E-state index in [1.54, 1.807) is 6.33 Å². The lowest BCUT2D eigenvalue weighted by Gasteiger charge is -2.32. The van der Waals surface area contributed by atoms with Crippen LogP contribution >= 0.6 is 0 Å². The average Bonchev–Trinajstić information content (AvgIpc) is 2.82. The van der Waals surface area contributed by atoms with Gasteiger partial charge in [-0.1, -0.05) is 0 Å². The SMILES string of the molecule is CN1CCN(CCn2ncc3cncnc32)CC1. The molecule has 0 atom stereocenters.